The molecule has 0 fully saturated rings. The SMILES string of the molecule is O=c1n(Cc2c(F)cccc2F)cnn1-c1ccc(O)c(Cl)c1. The molecular weight excluding hydrogens is 328 g/mol. The minimum atomic E-state index is -0.739. The molecule has 0 amide bonds. The fourth-order valence-corrected chi connectivity index (χ4v) is 2.28. The maximum absolute atomic E-state index is 13.7. The third-order valence-electron chi connectivity index (χ3n) is 3.30. The van der Waals surface area contributed by atoms with Crippen LogP contribution in [-0.2, 0) is 6.54 Å². The molecule has 0 radical (unpaired) electrons. The quantitative estimate of drug-likeness (QED) is 0.799. The minimum Gasteiger partial charge on any atom is -0.506 e. The van der Waals surface area contributed by atoms with Gasteiger partial charge in [-0.05, 0) is 30.3 Å². The maximum Gasteiger partial charge on any atom is 0.350 e. The van der Waals surface area contributed by atoms with E-state index in [2.05, 4.69) is 5.10 Å². The van der Waals surface area contributed by atoms with Gasteiger partial charge >= 0.3 is 5.69 Å². The van der Waals surface area contributed by atoms with E-state index in [4.69, 9.17) is 11.6 Å². The van der Waals surface area contributed by atoms with Crippen molar-refractivity contribution < 1.29 is 13.9 Å². The molecule has 2 aromatic carbocycles. The van der Waals surface area contributed by atoms with Gasteiger partial charge < -0.3 is 5.11 Å². The Hall–Kier alpha value is -2.67. The lowest BCUT2D eigenvalue weighted by molar-refractivity contribution is 0.475. The van der Waals surface area contributed by atoms with E-state index in [-0.39, 0.29) is 22.9 Å². The molecule has 0 aliphatic heterocycles. The summed E-state index contributed by atoms with van der Waals surface area (Å²) < 4.78 is 29.4. The molecule has 23 heavy (non-hydrogen) atoms. The Morgan fingerprint density at radius 3 is 2.52 bits per heavy atom. The van der Waals surface area contributed by atoms with E-state index in [0.717, 1.165) is 21.4 Å². The van der Waals surface area contributed by atoms with E-state index in [1.165, 1.54) is 30.6 Å². The molecule has 0 aliphatic carbocycles. The monoisotopic (exact) mass is 337 g/mol. The van der Waals surface area contributed by atoms with E-state index in [1.807, 2.05) is 0 Å². The largest absolute Gasteiger partial charge is 0.506 e. The topological polar surface area (TPSA) is 60.0 Å². The molecule has 0 spiro atoms. The Kier molecular flexibility index (Phi) is 3.87. The Balaban J connectivity index is 2.00. The molecule has 3 aromatic rings. The summed E-state index contributed by atoms with van der Waals surface area (Å²) in [7, 11) is 0. The van der Waals surface area contributed by atoms with Crippen LogP contribution in [0.1, 0.15) is 5.56 Å². The summed E-state index contributed by atoms with van der Waals surface area (Å²) >= 11 is 5.80. The summed E-state index contributed by atoms with van der Waals surface area (Å²) in [4.78, 5) is 12.3. The highest BCUT2D eigenvalue weighted by Crippen LogP contribution is 2.24. The lowest BCUT2D eigenvalue weighted by atomic mass is 10.2. The summed E-state index contributed by atoms with van der Waals surface area (Å²) in [5.41, 5.74) is -0.488. The third-order valence-corrected chi connectivity index (χ3v) is 3.60. The van der Waals surface area contributed by atoms with Crippen molar-refractivity contribution in [3.05, 3.63) is 75.4 Å². The van der Waals surface area contributed by atoms with Crippen LogP contribution in [0.15, 0.2) is 47.5 Å². The second-order valence-corrected chi connectivity index (χ2v) is 5.20. The summed E-state index contributed by atoms with van der Waals surface area (Å²) in [6.45, 7) is -0.289. The van der Waals surface area contributed by atoms with Gasteiger partial charge in [-0.3, -0.25) is 4.57 Å². The van der Waals surface area contributed by atoms with Crippen molar-refractivity contribution in [3.8, 4) is 11.4 Å². The average Bonchev–Trinajstić information content (AvgIpc) is 2.87. The molecule has 0 saturated carbocycles. The molecule has 0 unspecified atom stereocenters. The van der Waals surface area contributed by atoms with Crippen LogP contribution in [0.5, 0.6) is 5.75 Å². The molecule has 1 aromatic heterocycles. The third kappa shape index (κ3) is 2.83. The molecule has 1 heterocycles. The Labute approximate surface area is 134 Å². The minimum absolute atomic E-state index is 0.0594. The summed E-state index contributed by atoms with van der Waals surface area (Å²) in [5.74, 6) is -1.61. The van der Waals surface area contributed by atoms with Gasteiger partial charge in [-0.15, -0.1) is 0 Å². The summed E-state index contributed by atoms with van der Waals surface area (Å²) in [6.07, 6.45) is 1.18. The molecule has 5 nitrogen and oxygen atoms in total. The van der Waals surface area contributed by atoms with Crippen molar-refractivity contribution in [2.24, 2.45) is 0 Å². The van der Waals surface area contributed by atoms with Crippen molar-refractivity contribution in [2.45, 2.75) is 6.54 Å². The predicted octanol–water partition coefficient (Wildman–Crippen LogP) is 2.72. The number of phenols is 1. The number of hydrogen-bond donors (Lipinski definition) is 1. The van der Waals surface area contributed by atoms with Gasteiger partial charge in [0.05, 0.1) is 17.3 Å². The molecule has 118 valence electrons. The summed E-state index contributed by atoms with van der Waals surface area (Å²) in [6, 6.07) is 7.61. The number of phenolic OH excluding ortho intramolecular Hbond substituents is 1. The molecular formula is C15H10ClF2N3O2. The lowest BCUT2D eigenvalue weighted by Gasteiger charge is -2.05. The van der Waals surface area contributed by atoms with Crippen LogP contribution >= 0.6 is 11.6 Å². The van der Waals surface area contributed by atoms with Crippen LogP contribution in [0.4, 0.5) is 8.78 Å². The first-order valence-electron chi connectivity index (χ1n) is 6.53. The molecule has 0 aliphatic rings. The number of benzene rings is 2. The number of halogens is 3. The average molecular weight is 338 g/mol. The zero-order valence-corrected chi connectivity index (χ0v) is 12.3. The van der Waals surface area contributed by atoms with Gasteiger partial charge in [0, 0.05) is 5.56 Å². The molecule has 8 heteroatoms. The first-order valence-corrected chi connectivity index (χ1v) is 6.91. The number of hydrogen-bond acceptors (Lipinski definition) is 3. The number of rotatable bonds is 3. The molecule has 0 atom stereocenters. The number of nitrogens with zero attached hydrogens (tertiary/aromatic N) is 3. The zero-order valence-electron chi connectivity index (χ0n) is 11.6. The van der Waals surface area contributed by atoms with Crippen molar-refractivity contribution in [1.29, 1.82) is 0 Å². The zero-order chi connectivity index (χ0) is 16.6. The lowest BCUT2D eigenvalue weighted by Crippen LogP contribution is -2.24. The van der Waals surface area contributed by atoms with Crippen LogP contribution in [-0.4, -0.2) is 19.5 Å². The fourth-order valence-electron chi connectivity index (χ4n) is 2.10. The predicted molar refractivity (Wildman–Crippen MR) is 80.0 cm³/mol. The Bertz CT molecular complexity index is 916. The van der Waals surface area contributed by atoms with Crippen molar-refractivity contribution >= 4 is 11.6 Å². The van der Waals surface area contributed by atoms with Crippen molar-refractivity contribution in [3.63, 3.8) is 0 Å². The van der Waals surface area contributed by atoms with Crippen LogP contribution in [0.25, 0.3) is 5.69 Å². The van der Waals surface area contributed by atoms with E-state index < -0.39 is 17.3 Å². The van der Waals surface area contributed by atoms with Crippen molar-refractivity contribution in [2.75, 3.05) is 0 Å². The molecule has 0 saturated heterocycles. The van der Waals surface area contributed by atoms with E-state index in [9.17, 15) is 18.7 Å². The van der Waals surface area contributed by atoms with Crippen molar-refractivity contribution in [1.82, 2.24) is 14.3 Å². The van der Waals surface area contributed by atoms with Gasteiger partial charge in [0.1, 0.15) is 23.7 Å². The Morgan fingerprint density at radius 1 is 1.17 bits per heavy atom. The second kappa shape index (κ2) is 5.85. The highest BCUT2D eigenvalue weighted by molar-refractivity contribution is 6.32. The number of aromatic hydroxyl groups is 1. The van der Waals surface area contributed by atoms with Gasteiger partial charge in [0.2, 0.25) is 0 Å². The number of aromatic nitrogens is 3. The van der Waals surface area contributed by atoms with Crippen LogP contribution < -0.4 is 5.69 Å². The van der Waals surface area contributed by atoms with Crippen LogP contribution in [0, 0.1) is 11.6 Å². The van der Waals surface area contributed by atoms with E-state index >= 15 is 0 Å². The van der Waals surface area contributed by atoms with Crippen LogP contribution in [0.2, 0.25) is 5.02 Å². The fraction of sp³-hybridized carbons (Fsp3) is 0.0667. The van der Waals surface area contributed by atoms with E-state index in [0.29, 0.717) is 5.69 Å². The van der Waals surface area contributed by atoms with Gasteiger partial charge in [-0.25, -0.2) is 13.6 Å². The summed E-state index contributed by atoms with van der Waals surface area (Å²) in [5, 5.41) is 13.3. The van der Waals surface area contributed by atoms with Gasteiger partial charge in [-0.1, -0.05) is 17.7 Å². The molecule has 0 bridgehead atoms. The van der Waals surface area contributed by atoms with Gasteiger partial charge in [-0.2, -0.15) is 9.78 Å². The van der Waals surface area contributed by atoms with Gasteiger partial charge in [0.15, 0.2) is 0 Å². The maximum atomic E-state index is 13.7. The Morgan fingerprint density at radius 2 is 1.87 bits per heavy atom. The normalized spacial score (nSPS) is 10.9. The smallest absolute Gasteiger partial charge is 0.350 e. The second-order valence-electron chi connectivity index (χ2n) is 4.79. The standard InChI is InChI=1S/C15H10ClF2N3O2/c16-11-6-9(4-5-14(11)22)21-15(23)20(8-19-21)7-10-12(17)2-1-3-13(10)18/h1-6,8,22H,7H2. The molecule has 3 rings (SSSR count). The highest BCUT2D eigenvalue weighted by Gasteiger charge is 2.13. The van der Waals surface area contributed by atoms with Gasteiger partial charge in [0.25, 0.3) is 0 Å². The first-order chi connectivity index (χ1) is 11.0. The first kappa shape index (κ1) is 15.2. The highest BCUT2D eigenvalue weighted by atomic mass is 35.5. The molecule has 1 N–H and O–H groups in total. The van der Waals surface area contributed by atoms with Crippen LogP contribution in [0.3, 0.4) is 0 Å². The van der Waals surface area contributed by atoms with E-state index in [1.54, 1.807) is 0 Å².